The Hall–Kier alpha value is -0.860. The molecule has 94 valence electrons. The van der Waals surface area contributed by atoms with E-state index in [2.05, 4.69) is 49.9 Å². The maximum Gasteiger partial charge on any atom is 0.0833 e. The van der Waals surface area contributed by atoms with Crippen LogP contribution in [0.25, 0.3) is 0 Å². The molecule has 0 amide bonds. The minimum atomic E-state index is 0.434. The van der Waals surface area contributed by atoms with Gasteiger partial charge in [-0.3, -0.25) is 4.90 Å². The van der Waals surface area contributed by atoms with Crippen molar-refractivity contribution in [1.82, 2.24) is 4.90 Å². The van der Waals surface area contributed by atoms with Crippen LogP contribution in [0.2, 0.25) is 0 Å². The molecule has 0 atom stereocenters. The molecule has 1 heterocycles. The molecule has 1 aliphatic rings. The third-order valence-corrected chi connectivity index (χ3v) is 3.52. The number of aryl methyl sites for hydroxylation is 1. The molecular formula is C15H23NO. The van der Waals surface area contributed by atoms with Crippen molar-refractivity contribution in [3.8, 4) is 0 Å². The number of likely N-dealkylation sites (tertiary alicyclic amines) is 1. The molecule has 1 aromatic carbocycles. The van der Waals surface area contributed by atoms with E-state index in [1.54, 1.807) is 0 Å². The summed E-state index contributed by atoms with van der Waals surface area (Å²) in [5, 5.41) is 0. The molecule has 0 N–H and O–H groups in total. The number of benzene rings is 1. The second kappa shape index (κ2) is 5.65. The fourth-order valence-electron chi connectivity index (χ4n) is 2.08. The lowest BCUT2D eigenvalue weighted by atomic mass is 10.1. The first-order chi connectivity index (χ1) is 8.19. The number of ether oxygens (including phenoxy) is 1. The summed E-state index contributed by atoms with van der Waals surface area (Å²) in [6.45, 7) is 9.58. The Labute approximate surface area is 105 Å². The van der Waals surface area contributed by atoms with Crippen LogP contribution >= 0.6 is 0 Å². The third kappa shape index (κ3) is 3.30. The molecule has 2 heteroatoms. The van der Waals surface area contributed by atoms with Crippen molar-refractivity contribution < 1.29 is 4.74 Å². The molecule has 1 aromatic rings. The molecule has 1 saturated heterocycles. The maximum absolute atomic E-state index is 5.88. The van der Waals surface area contributed by atoms with E-state index < -0.39 is 0 Å². The van der Waals surface area contributed by atoms with E-state index in [1.165, 1.54) is 11.1 Å². The minimum Gasteiger partial charge on any atom is -0.371 e. The zero-order valence-corrected chi connectivity index (χ0v) is 11.1. The second-order valence-corrected chi connectivity index (χ2v) is 5.15. The van der Waals surface area contributed by atoms with Crippen molar-refractivity contribution in [2.24, 2.45) is 0 Å². The molecule has 2 nitrogen and oxygen atoms in total. The molecule has 1 fully saturated rings. The van der Waals surface area contributed by atoms with Crippen LogP contribution in [0.3, 0.4) is 0 Å². The predicted octanol–water partition coefficient (Wildman–Crippen LogP) is 2.86. The Morgan fingerprint density at radius 3 is 2.29 bits per heavy atom. The molecule has 0 spiro atoms. The SMILES string of the molecule is CCc1ccc(COC2CN(C(C)C)C2)cc1. The lowest BCUT2D eigenvalue weighted by Crippen LogP contribution is -2.54. The van der Waals surface area contributed by atoms with Gasteiger partial charge in [-0.15, -0.1) is 0 Å². The first kappa shape index (κ1) is 12.6. The molecule has 0 aromatic heterocycles. The van der Waals surface area contributed by atoms with E-state index in [4.69, 9.17) is 4.74 Å². The van der Waals surface area contributed by atoms with Crippen molar-refractivity contribution in [1.29, 1.82) is 0 Å². The Morgan fingerprint density at radius 1 is 1.18 bits per heavy atom. The third-order valence-electron chi connectivity index (χ3n) is 3.52. The highest BCUT2D eigenvalue weighted by atomic mass is 16.5. The summed E-state index contributed by atoms with van der Waals surface area (Å²) in [6.07, 6.45) is 1.54. The fourth-order valence-corrected chi connectivity index (χ4v) is 2.08. The van der Waals surface area contributed by atoms with Crippen LogP contribution < -0.4 is 0 Å². The van der Waals surface area contributed by atoms with Crippen molar-refractivity contribution in [3.05, 3.63) is 35.4 Å². The van der Waals surface area contributed by atoms with Crippen molar-refractivity contribution in [2.75, 3.05) is 13.1 Å². The first-order valence-electron chi connectivity index (χ1n) is 6.62. The molecule has 2 rings (SSSR count). The quantitative estimate of drug-likeness (QED) is 0.775. The predicted molar refractivity (Wildman–Crippen MR) is 71.1 cm³/mol. The van der Waals surface area contributed by atoms with Gasteiger partial charge in [0, 0.05) is 19.1 Å². The number of nitrogens with zero attached hydrogens (tertiary/aromatic N) is 1. The van der Waals surface area contributed by atoms with Gasteiger partial charge in [0.15, 0.2) is 0 Å². The standard InChI is InChI=1S/C15H23NO/c1-4-13-5-7-14(8-6-13)11-17-15-9-16(10-15)12(2)3/h5-8,12,15H,4,9-11H2,1-3H3. The summed E-state index contributed by atoms with van der Waals surface area (Å²) in [7, 11) is 0. The van der Waals surface area contributed by atoms with Gasteiger partial charge in [-0.1, -0.05) is 31.2 Å². The highest BCUT2D eigenvalue weighted by Crippen LogP contribution is 2.16. The van der Waals surface area contributed by atoms with E-state index in [0.717, 1.165) is 26.1 Å². The van der Waals surface area contributed by atoms with Crippen molar-refractivity contribution >= 4 is 0 Å². The van der Waals surface area contributed by atoms with Gasteiger partial charge < -0.3 is 4.74 Å². The molecule has 1 aliphatic heterocycles. The van der Waals surface area contributed by atoms with Crippen LogP contribution in [-0.4, -0.2) is 30.1 Å². The number of hydrogen-bond donors (Lipinski definition) is 0. The molecule has 0 unspecified atom stereocenters. The minimum absolute atomic E-state index is 0.434. The fraction of sp³-hybridized carbons (Fsp3) is 0.600. The molecule has 0 radical (unpaired) electrons. The monoisotopic (exact) mass is 233 g/mol. The van der Waals surface area contributed by atoms with Gasteiger partial charge in [0.1, 0.15) is 0 Å². The molecular weight excluding hydrogens is 210 g/mol. The summed E-state index contributed by atoms with van der Waals surface area (Å²) in [5.41, 5.74) is 2.67. The zero-order valence-electron chi connectivity index (χ0n) is 11.1. The van der Waals surface area contributed by atoms with Gasteiger partial charge in [-0.25, -0.2) is 0 Å². The van der Waals surface area contributed by atoms with Crippen molar-refractivity contribution in [3.63, 3.8) is 0 Å². The Balaban J connectivity index is 1.72. The van der Waals surface area contributed by atoms with Crippen LogP contribution in [0, 0.1) is 0 Å². The van der Waals surface area contributed by atoms with Gasteiger partial charge in [-0.2, -0.15) is 0 Å². The van der Waals surface area contributed by atoms with Crippen molar-refractivity contribution in [2.45, 2.75) is 45.9 Å². The van der Waals surface area contributed by atoms with Gasteiger partial charge in [0.25, 0.3) is 0 Å². The maximum atomic E-state index is 5.88. The van der Waals surface area contributed by atoms with Crippen LogP contribution in [-0.2, 0) is 17.8 Å². The topological polar surface area (TPSA) is 12.5 Å². The van der Waals surface area contributed by atoms with Crippen LogP contribution in [0.5, 0.6) is 0 Å². The lowest BCUT2D eigenvalue weighted by Gasteiger charge is -2.41. The Kier molecular flexibility index (Phi) is 4.19. The van der Waals surface area contributed by atoms with E-state index in [9.17, 15) is 0 Å². The summed E-state index contributed by atoms with van der Waals surface area (Å²) in [4.78, 5) is 2.44. The average molecular weight is 233 g/mol. The Bertz CT molecular complexity index is 338. The second-order valence-electron chi connectivity index (χ2n) is 5.15. The molecule has 0 bridgehead atoms. The van der Waals surface area contributed by atoms with Crippen LogP contribution in [0.15, 0.2) is 24.3 Å². The van der Waals surface area contributed by atoms with E-state index in [1.807, 2.05) is 0 Å². The van der Waals surface area contributed by atoms with Gasteiger partial charge in [-0.05, 0) is 31.4 Å². The largest absolute Gasteiger partial charge is 0.371 e. The summed E-state index contributed by atoms with van der Waals surface area (Å²) < 4.78 is 5.88. The number of hydrogen-bond acceptors (Lipinski definition) is 2. The first-order valence-corrected chi connectivity index (χ1v) is 6.62. The van der Waals surface area contributed by atoms with E-state index in [0.29, 0.717) is 12.1 Å². The highest BCUT2D eigenvalue weighted by molar-refractivity contribution is 5.21. The summed E-state index contributed by atoms with van der Waals surface area (Å²) in [6, 6.07) is 9.40. The highest BCUT2D eigenvalue weighted by Gasteiger charge is 2.28. The van der Waals surface area contributed by atoms with E-state index >= 15 is 0 Å². The number of rotatable bonds is 5. The molecule has 0 aliphatic carbocycles. The summed E-state index contributed by atoms with van der Waals surface area (Å²) >= 11 is 0. The van der Waals surface area contributed by atoms with Crippen LogP contribution in [0.4, 0.5) is 0 Å². The molecule has 17 heavy (non-hydrogen) atoms. The van der Waals surface area contributed by atoms with Gasteiger partial charge in [0.05, 0.1) is 12.7 Å². The van der Waals surface area contributed by atoms with Gasteiger partial charge in [0.2, 0.25) is 0 Å². The normalized spacial score (nSPS) is 17.4. The molecule has 0 saturated carbocycles. The zero-order chi connectivity index (χ0) is 12.3. The lowest BCUT2D eigenvalue weighted by molar-refractivity contribution is -0.0739. The smallest absolute Gasteiger partial charge is 0.0833 e. The van der Waals surface area contributed by atoms with E-state index in [-0.39, 0.29) is 0 Å². The Morgan fingerprint density at radius 2 is 1.76 bits per heavy atom. The average Bonchev–Trinajstić information content (AvgIpc) is 2.27. The summed E-state index contributed by atoms with van der Waals surface area (Å²) in [5.74, 6) is 0. The van der Waals surface area contributed by atoms with Crippen LogP contribution in [0.1, 0.15) is 31.9 Å². The van der Waals surface area contributed by atoms with Gasteiger partial charge >= 0.3 is 0 Å².